The van der Waals surface area contributed by atoms with Crippen molar-refractivity contribution < 1.29 is 14.3 Å². The second-order valence-electron chi connectivity index (χ2n) is 6.48. The topological polar surface area (TPSA) is 78.4 Å². The van der Waals surface area contributed by atoms with Gasteiger partial charge in [0.2, 0.25) is 5.91 Å². The number of hydrogen-bond acceptors (Lipinski definition) is 5. The Morgan fingerprint density at radius 2 is 2.12 bits per heavy atom. The first kappa shape index (κ1) is 18.3. The van der Waals surface area contributed by atoms with E-state index in [1.165, 1.54) is 12.4 Å². The van der Waals surface area contributed by atoms with E-state index in [0.29, 0.717) is 51.0 Å². The minimum absolute atomic E-state index is 0.0990. The fourth-order valence-corrected chi connectivity index (χ4v) is 3.02. The lowest BCUT2D eigenvalue weighted by Crippen LogP contribution is -2.36. The number of hydrogen-bond donors (Lipinski definition) is 2. The molecule has 1 aromatic heterocycles. The summed E-state index contributed by atoms with van der Waals surface area (Å²) in [5.41, 5.74) is 2.09. The van der Waals surface area contributed by atoms with E-state index in [9.17, 15) is 14.3 Å². The standard InChI is InChI=1S/C19H23FN4O2/c20-17-11-14(1-3-18(17)24-9-6-16(25)7-10-24)12-22-19(26)4-2-15-5-8-21-13-23-15/h1,3,5,8,11,13,16,25H,2,4,6-7,9-10,12H2,(H,22,26). The molecule has 0 saturated carbocycles. The van der Waals surface area contributed by atoms with E-state index in [4.69, 9.17) is 0 Å². The van der Waals surface area contributed by atoms with Crippen LogP contribution in [-0.2, 0) is 17.8 Å². The first-order chi connectivity index (χ1) is 12.6. The highest BCUT2D eigenvalue weighted by Gasteiger charge is 2.19. The van der Waals surface area contributed by atoms with Crippen LogP contribution in [0, 0.1) is 5.82 Å². The molecule has 1 saturated heterocycles. The number of piperidine rings is 1. The van der Waals surface area contributed by atoms with E-state index in [0.717, 1.165) is 11.3 Å². The van der Waals surface area contributed by atoms with Crippen LogP contribution in [0.4, 0.5) is 10.1 Å². The number of rotatable bonds is 6. The van der Waals surface area contributed by atoms with Gasteiger partial charge >= 0.3 is 0 Å². The molecule has 1 amide bonds. The monoisotopic (exact) mass is 358 g/mol. The molecule has 2 heterocycles. The third-order valence-corrected chi connectivity index (χ3v) is 4.56. The molecule has 2 aromatic rings. The molecule has 7 heteroatoms. The summed E-state index contributed by atoms with van der Waals surface area (Å²) in [6.45, 7) is 1.59. The summed E-state index contributed by atoms with van der Waals surface area (Å²) < 4.78 is 14.4. The Balaban J connectivity index is 1.49. The van der Waals surface area contributed by atoms with Crippen LogP contribution in [0.15, 0.2) is 36.8 Å². The molecule has 0 radical (unpaired) electrons. The molecule has 138 valence electrons. The van der Waals surface area contributed by atoms with Gasteiger partial charge in [0.05, 0.1) is 11.8 Å². The summed E-state index contributed by atoms with van der Waals surface area (Å²) >= 11 is 0. The Bertz CT molecular complexity index is 734. The van der Waals surface area contributed by atoms with Crippen molar-refractivity contribution in [2.75, 3.05) is 18.0 Å². The van der Waals surface area contributed by atoms with Gasteiger partial charge in [0.1, 0.15) is 12.1 Å². The number of aryl methyl sites for hydroxylation is 1. The van der Waals surface area contributed by atoms with Crippen LogP contribution < -0.4 is 10.2 Å². The van der Waals surface area contributed by atoms with Crippen LogP contribution in [0.25, 0.3) is 0 Å². The van der Waals surface area contributed by atoms with E-state index in [2.05, 4.69) is 15.3 Å². The van der Waals surface area contributed by atoms with Gasteiger partial charge in [0.25, 0.3) is 0 Å². The van der Waals surface area contributed by atoms with Crippen molar-refractivity contribution in [2.45, 2.75) is 38.3 Å². The summed E-state index contributed by atoms with van der Waals surface area (Å²) in [6, 6.07) is 6.82. The van der Waals surface area contributed by atoms with Crippen molar-refractivity contribution in [3.8, 4) is 0 Å². The smallest absolute Gasteiger partial charge is 0.220 e. The minimum atomic E-state index is -0.297. The van der Waals surface area contributed by atoms with Crippen LogP contribution in [0.2, 0.25) is 0 Å². The molecule has 0 atom stereocenters. The van der Waals surface area contributed by atoms with Crippen molar-refractivity contribution in [1.82, 2.24) is 15.3 Å². The first-order valence-corrected chi connectivity index (χ1v) is 8.85. The minimum Gasteiger partial charge on any atom is -0.393 e. The fourth-order valence-electron chi connectivity index (χ4n) is 3.02. The van der Waals surface area contributed by atoms with Gasteiger partial charge in [-0.05, 0) is 43.0 Å². The molecular formula is C19H23FN4O2. The SMILES string of the molecule is O=C(CCc1ccncn1)NCc1ccc(N2CCC(O)CC2)c(F)c1. The molecule has 0 bridgehead atoms. The number of nitrogens with one attached hydrogen (secondary N) is 1. The van der Waals surface area contributed by atoms with Gasteiger partial charge in [-0.15, -0.1) is 0 Å². The summed E-state index contributed by atoms with van der Waals surface area (Å²) in [7, 11) is 0. The lowest BCUT2D eigenvalue weighted by Gasteiger charge is -2.31. The molecule has 2 N–H and O–H groups in total. The molecule has 26 heavy (non-hydrogen) atoms. The number of aliphatic hydroxyl groups excluding tert-OH is 1. The van der Waals surface area contributed by atoms with Gasteiger partial charge in [0.15, 0.2) is 0 Å². The summed E-state index contributed by atoms with van der Waals surface area (Å²) in [5, 5.41) is 12.4. The Morgan fingerprint density at radius 3 is 2.81 bits per heavy atom. The molecule has 0 spiro atoms. The average molecular weight is 358 g/mol. The predicted molar refractivity (Wildman–Crippen MR) is 96.1 cm³/mol. The van der Waals surface area contributed by atoms with Gasteiger partial charge in [-0.3, -0.25) is 4.79 Å². The van der Waals surface area contributed by atoms with E-state index in [1.807, 2.05) is 11.0 Å². The number of anilines is 1. The summed E-state index contributed by atoms with van der Waals surface area (Å²) in [6.07, 6.45) is 5.00. The molecule has 0 unspecified atom stereocenters. The third kappa shape index (κ3) is 4.98. The lowest BCUT2D eigenvalue weighted by atomic mass is 10.1. The largest absolute Gasteiger partial charge is 0.393 e. The molecule has 1 aliphatic rings. The number of aliphatic hydroxyl groups is 1. The molecule has 6 nitrogen and oxygen atoms in total. The molecule has 1 aliphatic heterocycles. The molecular weight excluding hydrogens is 335 g/mol. The second kappa shape index (κ2) is 8.71. The molecule has 3 rings (SSSR count). The number of nitrogens with zero attached hydrogens (tertiary/aromatic N) is 3. The van der Waals surface area contributed by atoms with Crippen molar-refractivity contribution in [1.29, 1.82) is 0 Å². The zero-order chi connectivity index (χ0) is 18.4. The second-order valence-corrected chi connectivity index (χ2v) is 6.48. The number of halogens is 1. The number of carbonyl (C=O) groups is 1. The van der Waals surface area contributed by atoms with Gasteiger partial charge in [0, 0.05) is 37.9 Å². The molecule has 0 aliphatic carbocycles. The van der Waals surface area contributed by atoms with E-state index in [-0.39, 0.29) is 17.8 Å². The highest BCUT2D eigenvalue weighted by Crippen LogP contribution is 2.24. The number of carbonyl (C=O) groups excluding carboxylic acids is 1. The van der Waals surface area contributed by atoms with Crippen molar-refractivity contribution >= 4 is 11.6 Å². The zero-order valence-electron chi connectivity index (χ0n) is 14.6. The summed E-state index contributed by atoms with van der Waals surface area (Å²) in [4.78, 5) is 21.8. The van der Waals surface area contributed by atoms with Crippen LogP contribution in [0.1, 0.15) is 30.5 Å². The fraction of sp³-hybridized carbons (Fsp3) is 0.421. The van der Waals surface area contributed by atoms with E-state index < -0.39 is 0 Å². The number of amides is 1. The van der Waals surface area contributed by atoms with Gasteiger partial charge < -0.3 is 15.3 Å². The quantitative estimate of drug-likeness (QED) is 0.824. The van der Waals surface area contributed by atoms with Crippen LogP contribution >= 0.6 is 0 Å². The summed E-state index contributed by atoms with van der Waals surface area (Å²) in [5.74, 6) is -0.396. The van der Waals surface area contributed by atoms with Crippen LogP contribution in [0.5, 0.6) is 0 Å². The van der Waals surface area contributed by atoms with Crippen molar-refractivity contribution in [3.05, 3.63) is 53.9 Å². The van der Waals surface area contributed by atoms with Gasteiger partial charge in [-0.25, -0.2) is 14.4 Å². The van der Waals surface area contributed by atoms with E-state index in [1.54, 1.807) is 18.3 Å². The predicted octanol–water partition coefficient (Wildman–Crippen LogP) is 1.83. The van der Waals surface area contributed by atoms with Crippen molar-refractivity contribution in [2.24, 2.45) is 0 Å². The number of benzene rings is 1. The maximum absolute atomic E-state index is 14.4. The molecule has 1 aromatic carbocycles. The normalized spacial score (nSPS) is 15.1. The maximum atomic E-state index is 14.4. The van der Waals surface area contributed by atoms with Gasteiger partial charge in [-0.1, -0.05) is 6.07 Å². The molecule has 1 fully saturated rings. The average Bonchev–Trinajstić information content (AvgIpc) is 2.66. The van der Waals surface area contributed by atoms with E-state index >= 15 is 0 Å². The Hall–Kier alpha value is -2.54. The zero-order valence-corrected chi connectivity index (χ0v) is 14.6. The maximum Gasteiger partial charge on any atom is 0.220 e. The third-order valence-electron chi connectivity index (χ3n) is 4.56. The van der Waals surface area contributed by atoms with Gasteiger partial charge in [-0.2, -0.15) is 0 Å². The van der Waals surface area contributed by atoms with Crippen LogP contribution in [-0.4, -0.2) is 40.2 Å². The van der Waals surface area contributed by atoms with Crippen LogP contribution in [0.3, 0.4) is 0 Å². The number of aromatic nitrogens is 2. The van der Waals surface area contributed by atoms with Crippen molar-refractivity contribution in [3.63, 3.8) is 0 Å². The Morgan fingerprint density at radius 1 is 1.31 bits per heavy atom. The Kier molecular flexibility index (Phi) is 6.12. The lowest BCUT2D eigenvalue weighted by molar-refractivity contribution is -0.121. The first-order valence-electron chi connectivity index (χ1n) is 8.85. The highest BCUT2D eigenvalue weighted by molar-refractivity contribution is 5.76. The Labute approximate surface area is 152 Å². The highest BCUT2D eigenvalue weighted by atomic mass is 19.1.